The number of amides is 2. The summed E-state index contributed by atoms with van der Waals surface area (Å²) in [6.45, 7) is 3.90. The minimum absolute atomic E-state index is 0.0182. The maximum absolute atomic E-state index is 11.9. The molecular formula is C21H24N2O4. The van der Waals surface area contributed by atoms with Crippen molar-refractivity contribution in [2.24, 2.45) is 0 Å². The first kappa shape index (κ1) is 20.2. The first-order valence-electron chi connectivity index (χ1n) is 8.77. The van der Waals surface area contributed by atoms with Crippen molar-refractivity contribution in [2.45, 2.75) is 33.2 Å². The molecule has 0 aliphatic carbocycles. The quantitative estimate of drug-likeness (QED) is 0.702. The predicted molar refractivity (Wildman–Crippen MR) is 103 cm³/mol. The molecule has 2 aromatic rings. The Morgan fingerprint density at radius 2 is 1.56 bits per heavy atom. The Balaban J connectivity index is 1.65. The molecule has 0 saturated heterocycles. The molecule has 0 aliphatic heterocycles. The number of hydrogen-bond acceptors (Lipinski definition) is 4. The molecule has 2 amide bonds. The summed E-state index contributed by atoms with van der Waals surface area (Å²) in [5, 5.41) is 5.42. The monoisotopic (exact) mass is 368 g/mol. The van der Waals surface area contributed by atoms with Gasteiger partial charge in [-0.1, -0.05) is 36.4 Å². The van der Waals surface area contributed by atoms with Gasteiger partial charge in [-0.2, -0.15) is 0 Å². The number of rotatable bonds is 8. The van der Waals surface area contributed by atoms with Crippen LogP contribution in [0.5, 0.6) is 0 Å². The van der Waals surface area contributed by atoms with E-state index in [1.54, 1.807) is 0 Å². The third-order valence-electron chi connectivity index (χ3n) is 3.76. The number of benzene rings is 2. The Kier molecular flexibility index (Phi) is 7.55. The van der Waals surface area contributed by atoms with E-state index in [9.17, 15) is 14.4 Å². The second kappa shape index (κ2) is 10.1. The van der Waals surface area contributed by atoms with Crippen LogP contribution in [0.4, 0.5) is 5.69 Å². The minimum Gasteiger partial charge on any atom is -0.456 e. The normalized spacial score (nSPS) is 10.1. The maximum Gasteiger partial charge on any atom is 0.306 e. The van der Waals surface area contributed by atoms with Crippen LogP contribution in [0.1, 0.15) is 29.5 Å². The summed E-state index contributed by atoms with van der Waals surface area (Å²) < 4.78 is 4.92. The number of ether oxygens (including phenoxy) is 1. The third-order valence-corrected chi connectivity index (χ3v) is 3.76. The second-order valence-electron chi connectivity index (χ2n) is 6.35. The van der Waals surface area contributed by atoms with Gasteiger partial charge >= 0.3 is 5.97 Å². The SMILES string of the molecule is Cc1cc(C)cc(NC(=O)COC(=O)CCC(=O)NCc2ccccc2)c1. The molecular weight excluding hydrogens is 344 g/mol. The van der Waals surface area contributed by atoms with E-state index >= 15 is 0 Å². The molecule has 0 saturated carbocycles. The molecule has 0 aromatic heterocycles. The molecule has 2 rings (SSSR count). The summed E-state index contributed by atoms with van der Waals surface area (Å²) in [5.41, 5.74) is 3.71. The lowest BCUT2D eigenvalue weighted by Gasteiger charge is -2.08. The smallest absolute Gasteiger partial charge is 0.306 e. The van der Waals surface area contributed by atoms with E-state index in [-0.39, 0.29) is 25.4 Å². The van der Waals surface area contributed by atoms with Crippen molar-refractivity contribution in [3.63, 3.8) is 0 Å². The summed E-state index contributed by atoms with van der Waals surface area (Å²) in [5.74, 6) is -1.24. The lowest BCUT2D eigenvalue weighted by molar-refractivity contribution is -0.148. The van der Waals surface area contributed by atoms with Gasteiger partial charge in [-0.3, -0.25) is 14.4 Å². The zero-order chi connectivity index (χ0) is 19.6. The molecule has 0 spiro atoms. The Morgan fingerprint density at radius 3 is 2.22 bits per heavy atom. The van der Waals surface area contributed by atoms with Crippen LogP contribution in [0, 0.1) is 13.8 Å². The molecule has 0 bridgehead atoms. The summed E-state index contributed by atoms with van der Waals surface area (Å²) in [6.07, 6.45) is -0.0538. The van der Waals surface area contributed by atoms with Gasteiger partial charge in [0.1, 0.15) is 0 Å². The van der Waals surface area contributed by atoms with Crippen molar-refractivity contribution in [2.75, 3.05) is 11.9 Å². The second-order valence-corrected chi connectivity index (χ2v) is 6.35. The zero-order valence-corrected chi connectivity index (χ0v) is 15.6. The Labute approximate surface area is 158 Å². The van der Waals surface area contributed by atoms with Crippen molar-refractivity contribution in [3.8, 4) is 0 Å². The molecule has 0 heterocycles. The summed E-state index contributed by atoms with van der Waals surface area (Å²) in [6, 6.07) is 15.2. The largest absolute Gasteiger partial charge is 0.456 e. The van der Waals surface area contributed by atoms with Gasteiger partial charge < -0.3 is 15.4 Å². The molecule has 6 heteroatoms. The van der Waals surface area contributed by atoms with Gasteiger partial charge in [0.15, 0.2) is 6.61 Å². The fourth-order valence-electron chi connectivity index (χ4n) is 2.56. The van der Waals surface area contributed by atoms with Crippen LogP contribution in [0.15, 0.2) is 48.5 Å². The Bertz CT molecular complexity index is 783. The van der Waals surface area contributed by atoms with E-state index in [1.165, 1.54) is 0 Å². The highest BCUT2D eigenvalue weighted by Crippen LogP contribution is 2.13. The van der Waals surface area contributed by atoms with Gasteiger partial charge in [-0.25, -0.2) is 0 Å². The van der Waals surface area contributed by atoms with Crippen LogP contribution < -0.4 is 10.6 Å². The Morgan fingerprint density at radius 1 is 0.889 bits per heavy atom. The highest BCUT2D eigenvalue weighted by Gasteiger charge is 2.11. The molecule has 142 valence electrons. The summed E-state index contributed by atoms with van der Waals surface area (Å²) in [4.78, 5) is 35.3. The van der Waals surface area contributed by atoms with Crippen LogP contribution in [0.25, 0.3) is 0 Å². The molecule has 0 radical (unpaired) electrons. The molecule has 6 nitrogen and oxygen atoms in total. The highest BCUT2D eigenvalue weighted by atomic mass is 16.5. The molecule has 2 N–H and O–H groups in total. The van der Waals surface area contributed by atoms with E-state index in [0.29, 0.717) is 12.2 Å². The number of carbonyl (C=O) groups excluding carboxylic acids is 3. The molecule has 2 aromatic carbocycles. The predicted octanol–water partition coefficient (Wildman–Crippen LogP) is 2.88. The van der Waals surface area contributed by atoms with Gasteiger partial charge in [0, 0.05) is 18.7 Å². The average molecular weight is 368 g/mol. The van der Waals surface area contributed by atoms with Crippen molar-refractivity contribution in [1.82, 2.24) is 5.32 Å². The van der Waals surface area contributed by atoms with Crippen molar-refractivity contribution in [3.05, 3.63) is 65.2 Å². The van der Waals surface area contributed by atoms with E-state index in [1.807, 2.05) is 62.4 Å². The van der Waals surface area contributed by atoms with Crippen molar-refractivity contribution in [1.29, 1.82) is 0 Å². The molecule has 0 aliphatic rings. The van der Waals surface area contributed by atoms with Gasteiger partial charge in [0.2, 0.25) is 5.91 Å². The summed E-state index contributed by atoms with van der Waals surface area (Å²) >= 11 is 0. The van der Waals surface area contributed by atoms with Crippen LogP contribution >= 0.6 is 0 Å². The topological polar surface area (TPSA) is 84.5 Å². The van der Waals surface area contributed by atoms with Gasteiger partial charge in [0.25, 0.3) is 5.91 Å². The fourth-order valence-corrected chi connectivity index (χ4v) is 2.56. The first-order chi connectivity index (χ1) is 12.9. The van der Waals surface area contributed by atoms with E-state index in [2.05, 4.69) is 10.6 Å². The van der Waals surface area contributed by atoms with E-state index in [0.717, 1.165) is 16.7 Å². The number of esters is 1. The van der Waals surface area contributed by atoms with E-state index in [4.69, 9.17) is 4.74 Å². The lowest BCUT2D eigenvalue weighted by Crippen LogP contribution is -2.25. The standard InChI is InChI=1S/C21H24N2O4/c1-15-10-16(2)12-18(11-15)23-20(25)14-27-21(26)9-8-19(24)22-13-17-6-4-3-5-7-17/h3-7,10-12H,8-9,13-14H2,1-2H3,(H,22,24)(H,23,25). The van der Waals surface area contributed by atoms with E-state index < -0.39 is 11.9 Å². The number of hydrogen-bond donors (Lipinski definition) is 2. The number of anilines is 1. The minimum atomic E-state index is -0.583. The average Bonchev–Trinajstić information content (AvgIpc) is 2.63. The Hall–Kier alpha value is -3.15. The number of aryl methyl sites for hydroxylation is 2. The van der Waals surface area contributed by atoms with Crippen molar-refractivity contribution >= 4 is 23.5 Å². The molecule has 0 fully saturated rings. The van der Waals surface area contributed by atoms with Crippen LogP contribution in [0.3, 0.4) is 0 Å². The molecule has 0 atom stereocenters. The molecule has 27 heavy (non-hydrogen) atoms. The molecule has 0 unspecified atom stereocenters. The first-order valence-corrected chi connectivity index (χ1v) is 8.77. The van der Waals surface area contributed by atoms with Gasteiger partial charge in [0.05, 0.1) is 6.42 Å². The highest BCUT2D eigenvalue weighted by molar-refractivity contribution is 5.93. The third kappa shape index (κ3) is 7.73. The van der Waals surface area contributed by atoms with Gasteiger partial charge in [-0.15, -0.1) is 0 Å². The summed E-state index contributed by atoms with van der Waals surface area (Å²) in [7, 11) is 0. The number of nitrogens with one attached hydrogen (secondary N) is 2. The lowest BCUT2D eigenvalue weighted by atomic mass is 10.1. The van der Waals surface area contributed by atoms with Crippen LogP contribution in [-0.4, -0.2) is 24.4 Å². The van der Waals surface area contributed by atoms with Gasteiger partial charge in [-0.05, 0) is 42.7 Å². The fraction of sp³-hybridized carbons (Fsp3) is 0.286. The maximum atomic E-state index is 11.9. The zero-order valence-electron chi connectivity index (χ0n) is 15.6. The number of carbonyl (C=O) groups is 3. The van der Waals surface area contributed by atoms with Crippen LogP contribution in [0.2, 0.25) is 0 Å². The van der Waals surface area contributed by atoms with Crippen molar-refractivity contribution < 1.29 is 19.1 Å². The van der Waals surface area contributed by atoms with Crippen LogP contribution in [-0.2, 0) is 25.7 Å².